The molecule has 1 aromatic carbocycles. The normalized spacial score (nSPS) is 11.0. The van der Waals surface area contributed by atoms with Crippen LogP contribution in [0.4, 0.5) is 4.79 Å². The number of amides is 2. The van der Waals surface area contributed by atoms with Crippen LogP contribution in [0.5, 0.6) is 11.6 Å². The third-order valence-electron chi connectivity index (χ3n) is 4.21. The molecule has 3 N–H and O–H groups in total. The molecule has 0 unspecified atom stereocenters. The van der Waals surface area contributed by atoms with Gasteiger partial charge in [0.15, 0.2) is 5.76 Å². The van der Waals surface area contributed by atoms with E-state index in [-0.39, 0.29) is 19.0 Å². The Bertz CT molecular complexity index is 1100. The van der Waals surface area contributed by atoms with E-state index in [2.05, 4.69) is 15.3 Å². The minimum atomic E-state index is -0.776. The van der Waals surface area contributed by atoms with Crippen molar-refractivity contribution in [1.29, 1.82) is 0 Å². The fraction of sp³-hybridized carbons (Fsp3) is 0.304. The molecule has 0 aliphatic rings. The van der Waals surface area contributed by atoms with Crippen molar-refractivity contribution >= 4 is 12.0 Å². The van der Waals surface area contributed by atoms with Crippen LogP contribution in [0.15, 0.2) is 47.0 Å². The number of nitrogens with one attached hydrogen (secondary N) is 1. The number of aromatic nitrogens is 2. The summed E-state index contributed by atoms with van der Waals surface area (Å²) in [6.07, 6.45) is 1.07. The van der Waals surface area contributed by atoms with Gasteiger partial charge in [-0.15, -0.1) is 0 Å². The fourth-order valence-electron chi connectivity index (χ4n) is 2.80. The highest BCUT2D eigenvalue weighted by molar-refractivity contribution is 5.90. The number of oxazole rings is 1. The molecule has 0 saturated carbocycles. The summed E-state index contributed by atoms with van der Waals surface area (Å²) in [4.78, 5) is 31.7. The lowest BCUT2D eigenvalue weighted by Crippen LogP contribution is -2.34. The molecule has 0 atom stereocenters. The highest BCUT2D eigenvalue weighted by Gasteiger charge is 2.20. The van der Waals surface area contributed by atoms with E-state index in [1.807, 2.05) is 0 Å². The van der Waals surface area contributed by atoms with E-state index in [0.717, 1.165) is 0 Å². The topological polar surface area (TPSA) is 139 Å². The molecule has 33 heavy (non-hydrogen) atoms. The van der Waals surface area contributed by atoms with Gasteiger partial charge in [0, 0.05) is 23.4 Å². The number of carbonyl (C=O) groups is 2. The second-order valence-corrected chi connectivity index (χ2v) is 7.95. The monoisotopic (exact) mass is 454 g/mol. The summed E-state index contributed by atoms with van der Waals surface area (Å²) in [6, 6.07) is 10.5. The summed E-state index contributed by atoms with van der Waals surface area (Å²) >= 11 is 0. The van der Waals surface area contributed by atoms with E-state index in [0.29, 0.717) is 34.2 Å². The van der Waals surface area contributed by atoms with Crippen molar-refractivity contribution in [2.75, 3.05) is 20.3 Å². The Labute approximate surface area is 191 Å². The van der Waals surface area contributed by atoms with Gasteiger partial charge in [-0.25, -0.2) is 14.8 Å². The number of rotatable bonds is 8. The number of benzene rings is 1. The lowest BCUT2D eigenvalue weighted by molar-refractivity contribution is 0.0520. The van der Waals surface area contributed by atoms with Crippen LogP contribution in [0.2, 0.25) is 0 Å². The maximum absolute atomic E-state index is 11.7. The van der Waals surface area contributed by atoms with Gasteiger partial charge in [-0.2, -0.15) is 0 Å². The number of hydrogen-bond donors (Lipinski definition) is 2. The highest BCUT2D eigenvalue weighted by Crippen LogP contribution is 2.33. The highest BCUT2D eigenvalue weighted by atomic mass is 16.6. The van der Waals surface area contributed by atoms with Gasteiger partial charge in [0.2, 0.25) is 5.88 Å². The molecule has 2 aromatic heterocycles. The summed E-state index contributed by atoms with van der Waals surface area (Å²) in [7, 11) is 1.52. The molecular formula is C23H26N4O6. The predicted molar refractivity (Wildman–Crippen MR) is 120 cm³/mol. The van der Waals surface area contributed by atoms with Crippen molar-refractivity contribution in [1.82, 2.24) is 15.3 Å². The van der Waals surface area contributed by atoms with Crippen molar-refractivity contribution in [3.63, 3.8) is 0 Å². The fourth-order valence-corrected chi connectivity index (χ4v) is 2.80. The molecular weight excluding hydrogens is 428 g/mol. The lowest BCUT2D eigenvalue weighted by atomic mass is 10.1. The smallest absolute Gasteiger partial charge is 0.407 e. The van der Waals surface area contributed by atoms with Crippen LogP contribution in [0.1, 0.15) is 31.5 Å². The van der Waals surface area contributed by atoms with Gasteiger partial charge in [0.1, 0.15) is 23.7 Å². The number of pyridine rings is 1. The van der Waals surface area contributed by atoms with Crippen LogP contribution in [-0.2, 0) is 4.74 Å². The van der Waals surface area contributed by atoms with Crippen molar-refractivity contribution in [2.24, 2.45) is 5.73 Å². The molecule has 0 spiro atoms. The Morgan fingerprint density at radius 3 is 2.36 bits per heavy atom. The van der Waals surface area contributed by atoms with Crippen LogP contribution in [-0.4, -0.2) is 47.8 Å². The minimum absolute atomic E-state index is 0.204. The van der Waals surface area contributed by atoms with Crippen LogP contribution >= 0.6 is 0 Å². The Morgan fingerprint density at radius 1 is 1.09 bits per heavy atom. The van der Waals surface area contributed by atoms with Gasteiger partial charge in [-0.1, -0.05) is 0 Å². The number of alkyl carbamates (subject to hydrolysis) is 1. The quantitative estimate of drug-likeness (QED) is 0.494. The molecule has 0 fully saturated rings. The summed E-state index contributed by atoms with van der Waals surface area (Å²) in [5.74, 6) is 0.424. The Hall–Kier alpha value is -4.08. The lowest BCUT2D eigenvalue weighted by Gasteiger charge is -2.19. The molecule has 0 aliphatic heterocycles. The van der Waals surface area contributed by atoms with Gasteiger partial charge in [-0.3, -0.25) is 4.79 Å². The standard InChI is InChI=1S/C23H26N4O6/c1-23(2,3)33-22(29)25-11-12-31-16-8-5-14(6-9-16)19-18(27-21(32-19)20(24)28)15-7-10-17(30-4)26-13-15/h5-10,13H,11-12H2,1-4H3,(H2,24,28)(H,25,29). The van der Waals surface area contributed by atoms with Gasteiger partial charge >= 0.3 is 12.0 Å². The molecule has 10 nitrogen and oxygen atoms in total. The summed E-state index contributed by atoms with van der Waals surface area (Å²) < 4.78 is 21.5. The van der Waals surface area contributed by atoms with Crippen LogP contribution in [0.25, 0.3) is 22.6 Å². The third-order valence-corrected chi connectivity index (χ3v) is 4.21. The first-order valence-electron chi connectivity index (χ1n) is 10.2. The van der Waals surface area contributed by atoms with E-state index in [1.54, 1.807) is 63.4 Å². The Kier molecular flexibility index (Phi) is 7.17. The Balaban J connectivity index is 1.69. The van der Waals surface area contributed by atoms with Gasteiger partial charge in [0.05, 0.1) is 13.7 Å². The zero-order valence-corrected chi connectivity index (χ0v) is 18.9. The van der Waals surface area contributed by atoms with Crippen molar-refractivity contribution < 1.29 is 28.2 Å². The van der Waals surface area contributed by atoms with Gasteiger partial charge < -0.3 is 29.7 Å². The molecule has 2 heterocycles. The zero-order chi connectivity index (χ0) is 24.0. The summed E-state index contributed by atoms with van der Waals surface area (Å²) in [6.45, 7) is 5.93. The van der Waals surface area contributed by atoms with Crippen molar-refractivity contribution in [3.8, 4) is 34.2 Å². The molecule has 3 aromatic rings. The first-order chi connectivity index (χ1) is 15.7. The maximum Gasteiger partial charge on any atom is 0.407 e. The van der Waals surface area contributed by atoms with E-state index >= 15 is 0 Å². The number of nitrogens with zero attached hydrogens (tertiary/aromatic N) is 2. The minimum Gasteiger partial charge on any atom is -0.492 e. The zero-order valence-electron chi connectivity index (χ0n) is 18.9. The second-order valence-electron chi connectivity index (χ2n) is 7.95. The molecule has 0 bridgehead atoms. The van der Waals surface area contributed by atoms with Crippen molar-refractivity contribution in [2.45, 2.75) is 26.4 Å². The number of nitrogens with two attached hydrogens (primary N) is 1. The maximum atomic E-state index is 11.7. The van der Waals surface area contributed by atoms with E-state index in [4.69, 9.17) is 24.4 Å². The number of methoxy groups -OCH3 is 1. The number of carbonyl (C=O) groups excluding carboxylic acids is 2. The summed E-state index contributed by atoms with van der Waals surface area (Å²) in [5.41, 5.74) is 6.52. The third kappa shape index (κ3) is 6.45. The average Bonchev–Trinajstić information content (AvgIpc) is 3.22. The van der Waals surface area contributed by atoms with E-state index in [1.165, 1.54) is 7.11 Å². The summed E-state index contributed by atoms with van der Waals surface area (Å²) in [5, 5.41) is 2.63. The number of ether oxygens (including phenoxy) is 3. The first-order valence-corrected chi connectivity index (χ1v) is 10.2. The van der Waals surface area contributed by atoms with E-state index in [9.17, 15) is 9.59 Å². The van der Waals surface area contributed by atoms with Crippen molar-refractivity contribution in [3.05, 3.63) is 48.5 Å². The SMILES string of the molecule is COc1ccc(-c2nc(C(N)=O)oc2-c2ccc(OCCNC(=O)OC(C)(C)C)cc2)cn1. The van der Waals surface area contributed by atoms with Gasteiger partial charge in [0.25, 0.3) is 5.89 Å². The Morgan fingerprint density at radius 2 is 1.79 bits per heavy atom. The first kappa shape index (κ1) is 23.6. The molecule has 0 aliphatic carbocycles. The van der Waals surface area contributed by atoms with Crippen LogP contribution in [0.3, 0.4) is 0 Å². The average molecular weight is 454 g/mol. The molecule has 10 heteroatoms. The largest absolute Gasteiger partial charge is 0.492 e. The number of primary amides is 1. The van der Waals surface area contributed by atoms with E-state index < -0.39 is 17.6 Å². The van der Waals surface area contributed by atoms with Gasteiger partial charge in [-0.05, 0) is 51.1 Å². The predicted octanol–water partition coefficient (Wildman–Crippen LogP) is 3.41. The van der Waals surface area contributed by atoms with Crippen LogP contribution < -0.4 is 20.5 Å². The molecule has 3 rings (SSSR count). The molecule has 0 radical (unpaired) electrons. The second kappa shape index (κ2) is 10.0. The van der Waals surface area contributed by atoms with Crippen LogP contribution in [0, 0.1) is 0 Å². The molecule has 2 amide bonds. The molecule has 174 valence electrons. The molecule has 0 saturated heterocycles. The number of hydrogen-bond acceptors (Lipinski definition) is 8.